The monoisotopic (exact) mass is 571 g/mol. The highest BCUT2D eigenvalue weighted by atomic mass is 79.9. The first-order valence-corrected chi connectivity index (χ1v) is 12.3. The molecule has 1 aromatic rings. The first-order valence-electron chi connectivity index (χ1n) is 11.5. The van der Waals surface area contributed by atoms with Gasteiger partial charge in [0.05, 0.1) is 30.9 Å². The Labute approximate surface area is 217 Å². The summed E-state index contributed by atoms with van der Waals surface area (Å²) in [5.74, 6) is -3.32. The maximum atomic E-state index is 13.4. The van der Waals surface area contributed by atoms with Gasteiger partial charge in [-0.05, 0) is 34.0 Å². The fourth-order valence-corrected chi connectivity index (χ4v) is 4.43. The summed E-state index contributed by atoms with van der Waals surface area (Å²) in [5, 5.41) is 19.8. The number of cyclic esters (lactones) is 1. The first-order chi connectivity index (χ1) is 17.3. The molecule has 0 unspecified atom stereocenters. The number of rotatable bonds is 13. The van der Waals surface area contributed by atoms with Gasteiger partial charge in [0, 0.05) is 20.1 Å². The van der Waals surface area contributed by atoms with Crippen LogP contribution in [0, 0.1) is 0 Å². The second-order valence-electron chi connectivity index (χ2n) is 8.14. The van der Waals surface area contributed by atoms with E-state index in [1.807, 2.05) is 0 Å². The van der Waals surface area contributed by atoms with Gasteiger partial charge in [-0.1, -0.05) is 30.3 Å². The zero-order valence-corrected chi connectivity index (χ0v) is 21.4. The van der Waals surface area contributed by atoms with E-state index in [0.717, 1.165) is 11.0 Å². The highest BCUT2D eigenvalue weighted by Gasteiger charge is 2.50. The third-order valence-electron chi connectivity index (χ3n) is 5.72. The van der Waals surface area contributed by atoms with Crippen LogP contribution in [0.4, 0.5) is 4.79 Å². The second-order valence-corrected chi connectivity index (χ2v) is 8.99. The number of halogens is 1. The Morgan fingerprint density at radius 2 is 1.89 bits per heavy atom. The topological polar surface area (TPSA) is 141 Å². The molecule has 2 N–H and O–H groups in total. The number of aliphatic hydroxyl groups excluding tert-OH is 1. The van der Waals surface area contributed by atoms with Gasteiger partial charge in [-0.15, -0.1) is 0 Å². The molecule has 0 bridgehead atoms. The van der Waals surface area contributed by atoms with Crippen molar-refractivity contribution in [1.82, 2.24) is 4.90 Å². The van der Waals surface area contributed by atoms with Crippen LogP contribution in [0.1, 0.15) is 24.4 Å². The Kier molecular flexibility index (Phi) is 10.5. The minimum Gasteiger partial charge on any atom is -0.446 e. The van der Waals surface area contributed by atoms with Gasteiger partial charge in [-0.2, -0.15) is 0 Å². The van der Waals surface area contributed by atoms with Crippen LogP contribution in [0.25, 0.3) is 0 Å². The van der Waals surface area contributed by atoms with E-state index in [2.05, 4.69) is 15.9 Å². The van der Waals surface area contributed by atoms with E-state index in [1.165, 1.54) is 7.11 Å². The summed E-state index contributed by atoms with van der Waals surface area (Å²) < 4.78 is 26.8. The Morgan fingerprint density at radius 3 is 2.56 bits per heavy atom. The Hall–Kier alpha value is -2.19. The zero-order valence-electron chi connectivity index (χ0n) is 19.8. The first kappa shape index (κ1) is 28.4. The molecule has 1 fully saturated rings. The van der Waals surface area contributed by atoms with Crippen molar-refractivity contribution in [3.63, 3.8) is 0 Å². The lowest BCUT2D eigenvalue weighted by Crippen LogP contribution is -2.55. The number of nitrogens with zero attached hydrogens (tertiary/aromatic N) is 1. The summed E-state index contributed by atoms with van der Waals surface area (Å²) >= 11 is 3.18. The van der Waals surface area contributed by atoms with Crippen molar-refractivity contribution in [3.8, 4) is 0 Å². The van der Waals surface area contributed by atoms with Gasteiger partial charge in [-0.3, -0.25) is 9.59 Å². The van der Waals surface area contributed by atoms with E-state index in [9.17, 15) is 19.5 Å². The van der Waals surface area contributed by atoms with Gasteiger partial charge in [0.15, 0.2) is 23.8 Å². The van der Waals surface area contributed by atoms with Crippen molar-refractivity contribution in [1.29, 1.82) is 0 Å². The molecule has 0 saturated carbocycles. The number of benzene rings is 1. The number of imide groups is 1. The van der Waals surface area contributed by atoms with Crippen molar-refractivity contribution >= 4 is 33.7 Å². The van der Waals surface area contributed by atoms with Crippen LogP contribution >= 0.6 is 15.9 Å². The van der Waals surface area contributed by atoms with Gasteiger partial charge in [-0.25, -0.2) is 9.69 Å². The molecule has 4 atom stereocenters. The minimum absolute atomic E-state index is 0.0368. The van der Waals surface area contributed by atoms with Crippen LogP contribution in [0.2, 0.25) is 0 Å². The van der Waals surface area contributed by atoms with E-state index in [1.54, 1.807) is 30.3 Å². The number of carbonyl (C=O) groups excluding carboxylic acids is 3. The van der Waals surface area contributed by atoms with Crippen LogP contribution in [0.3, 0.4) is 0 Å². The molecule has 2 aliphatic heterocycles. The smallest absolute Gasteiger partial charge is 0.417 e. The molecule has 3 rings (SSSR count). The van der Waals surface area contributed by atoms with E-state index >= 15 is 0 Å². The predicted molar refractivity (Wildman–Crippen MR) is 128 cm³/mol. The molecule has 0 aliphatic carbocycles. The highest BCUT2D eigenvalue weighted by molar-refractivity contribution is 9.11. The lowest BCUT2D eigenvalue weighted by Gasteiger charge is -2.38. The van der Waals surface area contributed by atoms with Crippen molar-refractivity contribution in [3.05, 3.63) is 46.5 Å². The van der Waals surface area contributed by atoms with Crippen LogP contribution in [-0.2, 0) is 33.3 Å². The summed E-state index contributed by atoms with van der Waals surface area (Å²) in [6.07, 6.45) is -2.29. The summed E-state index contributed by atoms with van der Waals surface area (Å²) in [7, 11) is 1.22. The normalized spacial score (nSPS) is 25.0. The Bertz CT molecular complexity index is 942. The lowest BCUT2D eigenvalue weighted by atomic mass is 9.99. The molecule has 0 radical (unpaired) electrons. The summed E-state index contributed by atoms with van der Waals surface area (Å²) in [4.78, 5) is 39.6. The average Bonchev–Trinajstić information content (AvgIpc) is 3.26. The van der Waals surface area contributed by atoms with Crippen molar-refractivity contribution in [2.24, 2.45) is 0 Å². The van der Waals surface area contributed by atoms with Gasteiger partial charge in [0.2, 0.25) is 0 Å². The fourth-order valence-electron chi connectivity index (χ4n) is 3.91. The molecular formula is C24H30BrNO10. The predicted octanol–water partition coefficient (Wildman–Crippen LogP) is 1.46. The molecule has 12 heteroatoms. The maximum Gasteiger partial charge on any atom is 0.417 e. The number of hydrogen-bond acceptors (Lipinski definition) is 10. The van der Waals surface area contributed by atoms with Crippen molar-refractivity contribution in [2.75, 3.05) is 46.8 Å². The van der Waals surface area contributed by atoms with Gasteiger partial charge >= 0.3 is 6.09 Å². The van der Waals surface area contributed by atoms with E-state index < -0.39 is 41.8 Å². The fraction of sp³-hybridized carbons (Fsp3) is 0.542. The molecule has 198 valence electrons. The average molecular weight is 572 g/mol. The number of ketones is 1. The van der Waals surface area contributed by atoms with Crippen molar-refractivity contribution < 1.29 is 48.3 Å². The largest absolute Gasteiger partial charge is 0.446 e. The van der Waals surface area contributed by atoms with Gasteiger partial charge in [0.25, 0.3) is 5.91 Å². The SMILES string of the molecule is CO[C@@H](C(=O)N1C(=O)OC[C@H]1c1ccccc1)[C@H]1O[C@@](O)(CCCOCCOCCO)C(Br)=CC1=O. The summed E-state index contributed by atoms with van der Waals surface area (Å²) in [5.41, 5.74) is 0.684. The molecule has 0 aromatic heterocycles. The number of carbonyl (C=O) groups is 3. The van der Waals surface area contributed by atoms with Crippen LogP contribution in [0.15, 0.2) is 40.9 Å². The molecule has 1 aromatic carbocycles. The molecule has 36 heavy (non-hydrogen) atoms. The van der Waals surface area contributed by atoms with E-state index in [4.69, 9.17) is 28.8 Å². The quantitative estimate of drug-likeness (QED) is 0.334. The Morgan fingerprint density at radius 1 is 1.19 bits per heavy atom. The molecule has 2 amide bonds. The third-order valence-corrected chi connectivity index (χ3v) is 6.57. The Balaban J connectivity index is 1.67. The molecular weight excluding hydrogens is 542 g/mol. The standard InChI is InChI=1S/C24H30BrNO10/c1-32-21(22(29)26-17(15-35-23(26)30)16-6-3-2-4-7-16)20-18(28)14-19(25)24(31,36-20)8-5-10-33-12-13-34-11-9-27/h2-4,6-7,14,17,20-21,27,31H,5,8-13,15H2,1H3/t17-,20-,21+,24-/m0/s1. The second kappa shape index (κ2) is 13.4. The number of hydrogen-bond donors (Lipinski definition) is 2. The highest BCUT2D eigenvalue weighted by Crippen LogP contribution is 2.37. The van der Waals surface area contributed by atoms with Crippen LogP contribution in [0.5, 0.6) is 0 Å². The molecule has 11 nitrogen and oxygen atoms in total. The maximum absolute atomic E-state index is 13.4. The summed E-state index contributed by atoms with van der Waals surface area (Å²) in [6.45, 7) is 1.03. The van der Waals surface area contributed by atoms with Gasteiger partial charge in [0.1, 0.15) is 12.6 Å². The molecule has 2 heterocycles. The minimum atomic E-state index is -1.91. The number of amides is 2. The van der Waals surface area contributed by atoms with Gasteiger partial charge < -0.3 is 33.9 Å². The number of methoxy groups -OCH3 is 1. The lowest BCUT2D eigenvalue weighted by molar-refractivity contribution is -0.227. The third kappa shape index (κ3) is 6.76. The molecule has 1 saturated heterocycles. The van der Waals surface area contributed by atoms with Crippen molar-refractivity contribution in [2.45, 2.75) is 36.9 Å². The summed E-state index contributed by atoms with van der Waals surface area (Å²) in [6, 6.07) is 8.18. The number of aliphatic hydroxyl groups is 2. The van der Waals surface area contributed by atoms with E-state index in [-0.39, 0.29) is 37.3 Å². The molecule has 2 aliphatic rings. The zero-order chi connectivity index (χ0) is 26.1. The molecule has 0 spiro atoms. The van der Waals surface area contributed by atoms with E-state index in [0.29, 0.717) is 25.2 Å². The van der Waals surface area contributed by atoms with Crippen LogP contribution < -0.4 is 0 Å². The van der Waals surface area contributed by atoms with Crippen LogP contribution in [-0.4, -0.2) is 97.6 Å². The number of ether oxygens (including phenoxy) is 5.